The number of benzene rings is 3. The molecule has 0 aliphatic rings. The molecule has 1 atom stereocenters. The lowest BCUT2D eigenvalue weighted by Crippen LogP contribution is -2.26. The largest absolute Gasteiger partial charge is 0.346 e. The molecule has 3 aromatic carbocycles. The third kappa shape index (κ3) is 5.68. The van der Waals surface area contributed by atoms with Crippen molar-refractivity contribution < 1.29 is 14.0 Å². The maximum atomic E-state index is 13.1. The van der Waals surface area contributed by atoms with Gasteiger partial charge in [0.25, 0.3) is 5.91 Å². The lowest BCUT2D eigenvalue weighted by Gasteiger charge is -2.16. The highest BCUT2D eigenvalue weighted by atomic mass is 32.2. The van der Waals surface area contributed by atoms with Crippen LogP contribution in [0.4, 0.5) is 10.1 Å². The molecule has 6 heteroatoms. The smallest absolute Gasteiger partial charge is 0.251 e. The monoisotopic (exact) mass is 408 g/mol. The molecule has 0 aliphatic carbocycles. The summed E-state index contributed by atoms with van der Waals surface area (Å²) in [5.41, 5.74) is 1.98. The zero-order valence-electron chi connectivity index (χ0n) is 16.1. The second-order valence-corrected chi connectivity index (χ2v) is 7.67. The van der Waals surface area contributed by atoms with Crippen LogP contribution in [0.3, 0.4) is 0 Å². The molecule has 0 saturated carbocycles. The third-order valence-electron chi connectivity index (χ3n) is 4.24. The van der Waals surface area contributed by atoms with Gasteiger partial charge in [-0.25, -0.2) is 4.39 Å². The van der Waals surface area contributed by atoms with Gasteiger partial charge in [0.2, 0.25) is 5.91 Å². The zero-order valence-corrected chi connectivity index (χ0v) is 16.9. The minimum atomic E-state index is -0.309. The van der Waals surface area contributed by atoms with Crippen molar-refractivity contribution in [2.45, 2.75) is 29.7 Å². The Bertz CT molecular complexity index is 1010. The Balaban J connectivity index is 1.81. The molecule has 2 N–H and O–H groups in total. The van der Waals surface area contributed by atoms with Gasteiger partial charge in [-0.2, -0.15) is 0 Å². The van der Waals surface area contributed by atoms with Crippen LogP contribution in [0.5, 0.6) is 0 Å². The minimum absolute atomic E-state index is 0.152. The Morgan fingerprint density at radius 1 is 0.966 bits per heavy atom. The summed E-state index contributed by atoms with van der Waals surface area (Å²) >= 11 is 1.38. The summed E-state index contributed by atoms with van der Waals surface area (Å²) in [6.07, 6.45) is 0. The van der Waals surface area contributed by atoms with E-state index < -0.39 is 0 Å². The summed E-state index contributed by atoms with van der Waals surface area (Å²) in [6, 6.07) is 20.8. The zero-order chi connectivity index (χ0) is 20.8. The van der Waals surface area contributed by atoms with Gasteiger partial charge in [0, 0.05) is 22.3 Å². The molecular formula is C23H21FN2O2S. The van der Waals surface area contributed by atoms with Gasteiger partial charge in [-0.1, -0.05) is 42.1 Å². The fraction of sp³-hybridized carbons (Fsp3) is 0.130. The summed E-state index contributed by atoms with van der Waals surface area (Å²) in [4.78, 5) is 25.9. The van der Waals surface area contributed by atoms with E-state index in [2.05, 4.69) is 10.6 Å². The van der Waals surface area contributed by atoms with E-state index in [1.165, 1.54) is 30.8 Å². The van der Waals surface area contributed by atoms with Gasteiger partial charge < -0.3 is 10.6 Å². The Kier molecular flexibility index (Phi) is 6.67. The molecule has 148 valence electrons. The molecule has 0 fully saturated rings. The summed E-state index contributed by atoms with van der Waals surface area (Å²) in [5, 5.41) is 5.74. The van der Waals surface area contributed by atoms with E-state index in [1.807, 2.05) is 37.3 Å². The highest BCUT2D eigenvalue weighted by molar-refractivity contribution is 7.99. The quantitative estimate of drug-likeness (QED) is 0.572. The number of carbonyl (C=O) groups is 2. The van der Waals surface area contributed by atoms with Crippen molar-refractivity contribution >= 4 is 29.3 Å². The molecule has 0 aromatic heterocycles. The van der Waals surface area contributed by atoms with Gasteiger partial charge in [-0.15, -0.1) is 0 Å². The number of amides is 2. The third-order valence-corrected chi connectivity index (χ3v) is 5.32. The second-order valence-electron chi connectivity index (χ2n) is 6.55. The first kappa shape index (κ1) is 20.6. The SMILES string of the molecule is CC(=O)Nc1cc(C(=O)NC(C)c2ccccc2)ccc1Sc1ccc(F)cc1. The van der Waals surface area contributed by atoms with E-state index >= 15 is 0 Å². The van der Waals surface area contributed by atoms with Crippen LogP contribution in [0.1, 0.15) is 35.8 Å². The number of hydrogen-bond donors (Lipinski definition) is 2. The molecule has 0 spiro atoms. The number of rotatable bonds is 6. The first-order valence-electron chi connectivity index (χ1n) is 9.13. The Morgan fingerprint density at radius 3 is 2.31 bits per heavy atom. The van der Waals surface area contributed by atoms with Gasteiger partial charge in [-0.05, 0) is 55.0 Å². The first-order valence-corrected chi connectivity index (χ1v) is 9.95. The highest BCUT2D eigenvalue weighted by Gasteiger charge is 2.14. The number of anilines is 1. The van der Waals surface area contributed by atoms with Crippen LogP contribution in [0.15, 0.2) is 82.6 Å². The molecule has 3 rings (SSSR count). The average Bonchev–Trinajstić information content (AvgIpc) is 2.71. The highest BCUT2D eigenvalue weighted by Crippen LogP contribution is 2.34. The van der Waals surface area contributed by atoms with Crippen molar-refractivity contribution in [3.8, 4) is 0 Å². The molecule has 4 nitrogen and oxygen atoms in total. The topological polar surface area (TPSA) is 58.2 Å². The normalized spacial score (nSPS) is 11.6. The first-order chi connectivity index (χ1) is 13.9. The van der Waals surface area contributed by atoms with Crippen molar-refractivity contribution in [2.24, 2.45) is 0 Å². The van der Waals surface area contributed by atoms with E-state index in [0.717, 1.165) is 15.4 Å². The Labute approximate surface area is 173 Å². The molecule has 29 heavy (non-hydrogen) atoms. The predicted octanol–water partition coefficient (Wildman–Crippen LogP) is 5.43. The molecular weight excluding hydrogens is 387 g/mol. The molecule has 0 aliphatic heterocycles. The maximum absolute atomic E-state index is 13.1. The summed E-state index contributed by atoms with van der Waals surface area (Å²) in [7, 11) is 0. The van der Waals surface area contributed by atoms with E-state index in [-0.39, 0.29) is 23.7 Å². The van der Waals surface area contributed by atoms with Crippen molar-refractivity contribution in [3.05, 3.63) is 89.7 Å². The van der Waals surface area contributed by atoms with E-state index in [1.54, 1.807) is 30.3 Å². The van der Waals surface area contributed by atoms with Crippen LogP contribution < -0.4 is 10.6 Å². The van der Waals surface area contributed by atoms with Gasteiger partial charge in [0.1, 0.15) is 5.82 Å². The molecule has 0 heterocycles. The summed E-state index contributed by atoms with van der Waals surface area (Å²) in [5.74, 6) is -0.775. The van der Waals surface area contributed by atoms with Crippen LogP contribution in [0.2, 0.25) is 0 Å². The maximum Gasteiger partial charge on any atom is 0.251 e. The van der Waals surface area contributed by atoms with Crippen molar-refractivity contribution in [2.75, 3.05) is 5.32 Å². The van der Waals surface area contributed by atoms with E-state index in [0.29, 0.717) is 11.3 Å². The summed E-state index contributed by atoms with van der Waals surface area (Å²) in [6.45, 7) is 3.33. The fourth-order valence-corrected chi connectivity index (χ4v) is 3.66. The standard InChI is InChI=1S/C23H21FN2O2S/c1-15(17-6-4-3-5-7-17)25-23(28)18-8-13-22(21(14-18)26-16(2)27)29-20-11-9-19(24)10-12-20/h3-15H,1-2H3,(H,25,28)(H,26,27). The molecule has 0 saturated heterocycles. The lowest BCUT2D eigenvalue weighted by atomic mass is 10.1. The average molecular weight is 408 g/mol. The fourth-order valence-electron chi connectivity index (χ4n) is 2.78. The number of hydrogen-bond acceptors (Lipinski definition) is 3. The molecule has 0 radical (unpaired) electrons. The minimum Gasteiger partial charge on any atom is -0.346 e. The Morgan fingerprint density at radius 2 is 1.66 bits per heavy atom. The van der Waals surface area contributed by atoms with Crippen molar-refractivity contribution in [1.29, 1.82) is 0 Å². The van der Waals surface area contributed by atoms with Gasteiger partial charge in [0.15, 0.2) is 0 Å². The molecule has 2 amide bonds. The number of halogens is 1. The van der Waals surface area contributed by atoms with Crippen LogP contribution in [0.25, 0.3) is 0 Å². The number of carbonyl (C=O) groups excluding carboxylic acids is 2. The van der Waals surface area contributed by atoms with Crippen LogP contribution in [-0.4, -0.2) is 11.8 Å². The van der Waals surface area contributed by atoms with Crippen LogP contribution >= 0.6 is 11.8 Å². The molecule has 3 aromatic rings. The van der Waals surface area contributed by atoms with Crippen LogP contribution in [-0.2, 0) is 4.79 Å². The number of nitrogens with one attached hydrogen (secondary N) is 2. The van der Waals surface area contributed by atoms with E-state index in [4.69, 9.17) is 0 Å². The lowest BCUT2D eigenvalue weighted by molar-refractivity contribution is -0.114. The van der Waals surface area contributed by atoms with Gasteiger partial charge in [-0.3, -0.25) is 9.59 Å². The van der Waals surface area contributed by atoms with Crippen molar-refractivity contribution in [3.63, 3.8) is 0 Å². The predicted molar refractivity (Wildman–Crippen MR) is 114 cm³/mol. The summed E-state index contributed by atoms with van der Waals surface area (Å²) < 4.78 is 13.1. The van der Waals surface area contributed by atoms with Crippen molar-refractivity contribution in [1.82, 2.24) is 5.32 Å². The van der Waals surface area contributed by atoms with Crippen LogP contribution in [0, 0.1) is 5.82 Å². The van der Waals surface area contributed by atoms with E-state index in [9.17, 15) is 14.0 Å². The molecule has 1 unspecified atom stereocenters. The van der Waals surface area contributed by atoms with Gasteiger partial charge >= 0.3 is 0 Å². The second kappa shape index (κ2) is 9.39. The van der Waals surface area contributed by atoms with Gasteiger partial charge in [0.05, 0.1) is 11.7 Å². The Hall–Kier alpha value is -3.12. The molecule has 0 bridgehead atoms.